The maximum atomic E-state index is 11.7. The van der Waals surface area contributed by atoms with Gasteiger partial charge in [-0.05, 0) is 20.8 Å². The van der Waals surface area contributed by atoms with Crippen molar-refractivity contribution in [2.45, 2.75) is 32.4 Å². The van der Waals surface area contributed by atoms with E-state index in [1.165, 1.54) is 0 Å². The van der Waals surface area contributed by atoms with Crippen molar-refractivity contribution >= 4 is 18.3 Å². The molecule has 0 radical (unpaired) electrons. The van der Waals surface area contributed by atoms with Gasteiger partial charge in [0.2, 0.25) is 5.91 Å². The number of piperazine rings is 1. The molecule has 0 bridgehead atoms. The number of amides is 1. The number of nitrogens with zero attached hydrogens (tertiary/aromatic N) is 1. The summed E-state index contributed by atoms with van der Waals surface area (Å²) in [6, 6.07) is -0.391. The number of hydrogen-bond donors (Lipinski definition) is 2. The fourth-order valence-corrected chi connectivity index (χ4v) is 1.64. The van der Waals surface area contributed by atoms with Gasteiger partial charge in [-0.1, -0.05) is 0 Å². The van der Waals surface area contributed by atoms with Crippen LogP contribution >= 0.6 is 12.4 Å². The summed E-state index contributed by atoms with van der Waals surface area (Å²) in [5.74, 6) is 0.0477. The van der Waals surface area contributed by atoms with Crippen LogP contribution in [0.15, 0.2) is 0 Å². The van der Waals surface area contributed by atoms with Gasteiger partial charge in [0, 0.05) is 25.2 Å². The highest BCUT2D eigenvalue weighted by Gasteiger charge is 2.34. The monoisotopic (exact) mass is 221 g/mol. The van der Waals surface area contributed by atoms with E-state index in [-0.39, 0.29) is 23.9 Å². The molecule has 0 aliphatic carbocycles. The first-order valence-electron chi connectivity index (χ1n) is 4.73. The number of hydrogen-bond acceptors (Lipinski definition) is 3. The number of carbonyl (C=O) groups excluding carboxylic acids is 1. The molecule has 1 amide bonds. The van der Waals surface area contributed by atoms with Crippen LogP contribution in [0, 0.1) is 0 Å². The van der Waals surface area contributed by atoms with Crippen LogP contribution in [0.5, 0.6) is 0 Å². The highest BCUT2D eigenvalue weighted by molar-refractivity contribution is 5.85. The van der Waals surface area contributed by atoms with Gasteiger partial charge in [0.15, 0.2) is 0 Å². The average molecular weight is 222 g/mol. The molecule has 1 aliphatic rings. The minimum atomic E-state index is -0.391. The summed E-state index contributed by atoms with van der Waals surface area (Å²) in [6.07, 6.45) is 0. The van der Waals surface area contributed by atoms with Gasteiger partial charge >= 0.3 is 0 Å². The molecule has 1 aliphatic heterocycles. The lowest BCUT2D eigenvalue weighted by Crippen LogP contribution is -2.62. The summed E-state index contributed by atoms with van der Waals surface area (Å²) in [4.78, 5) is 13.6. The molecule has 0 aromatic carbocycles. The Balaban J connectivity index is 0.00000169. The van der Waals surface area contributed by atoms with E-state index in [0.29, 0.717) is 0 Å². The van der Waals surface area contributed by atoms with Gasteiger partial charge in [-0.25, -0.2) is 0 Å². The van der Waals surface area contributed by atoms with Gasteiger partial charge in [0.25, 0.3) is 0 Å². The molecule has 84 valence electrons. The van der Waals surface area contributed by atoms with Gasteiger partial charge in [0.05, 0.1) is 6.04 Å². The van der Waals surface area contributed by atoms with E-state index in [4.69, 9.17) is 5.73 Å². The van der Waals surface area contributed by atoms with Gasteiger partial charge in [-0.3, -0.25) is 4.79 Å². The zero-order valence-electron chi connectivity index (χ0n) is 9.04. The van der Waals surface area contributed by atoms with E-state index in [1.807, 2.05) is 4.90 Å². The molecule has 1 atom stereocenters. The minimum Gasteiger partial charge on any atom is -0.334 e. The third kappa shape index (κ3) is 2.83. The third-order valence-corrected chi connectivity index (χ3v) is 2.46. The Morgan fingerprint density at radius 1 is 1.57 bits per heavy atom. The first kappa shape index (κ1) is 13.7. The van der Waals surface area contributed by atoms with Gasteiger partial charge in [-0.2, -0.15) is 0 Å². The Bertz CT molecular complexity index is 206. The second-order valence-electron chi connectivity index (χ2n) is 4.27. The van der Waals surface area contributed by atoms with Crippen LogP contribution in [-0.2, 0) is 4.79 Å². The maximum Gasteiger partial charge on any atom is 0.239 e. The SMILES string of the molecule is CC(N)C(=O)N1CCNCC1(C)C.Cl. The van der Waals surface area contributed by atoms with Crippen LogP contribution in [0.25, 0.3) is 0 Å². The normalized spacial score (nSPS) is 22.4. The van der Waals surface area contributed by atoms with E-state index < -0.39 is 6.04 Å². The smallest absolute Gasteiger partial charge is 0.239 e. The zero-order valence-corrected chi connectivity index (χ0v) is 9.86. The standard InChI is InChI=1S/C9H19N3O.ClH/c1-7(10)8(13)12-5-4-11-6-9(12,2)3;/h7,11H,4-6,10H2,1-3H3;1H. The molecule has 1 fully saturated rings. The lowest BCUT2D eigenvalue weighted by molar-refractivity contribution is -0.138. The molecule has 0 spiro atoms. The lowest BCUT2D eigenvalue weighted by atomic mass is 9.99. The summed E-state index contributed by atoms with van der Waals surface area (Å²) >= 11 is 0. The van der Waals surface area contributed by atoms with Crippen molar-refractivity contribution in [3.05, 3.63) is 0 Å². The van der Waals surface area contributed by atoms with Crippen molar-refractivity contribution in [2.75, 3.05) is 19.6 Å². The number of halogens is 1. The molecule has 1 saturated heterocycles. The molecule has 0 aromatic heterocycles. The van der Waals surface area contributed by atoms with Crippen LogP contribution < -0.4 is 11.1 Å². The quantitative estimate of drug-likeness (QED) is 0.654. The molecule has 14 heavy (non-hydrogen) atoms. The number of nitrogens with two attached hydrogens (primary N) is 1. The van der Waals surface area contributed by atoms with Crippen LogP contribution in [0.4, 0.5) is 0 Å². The Labute approximate surface area is 91.6 Å². The summed E-state index contributed by atoms with van der Waals surface area (Å²) in [7, 11) is 0. The van der Waals surface area contributed by atoms with E-state index >= 15 is 0 Å². The molecule has 0 saturated carbocycles. The van der Waals surface area contributed by atoms with E-state index in [9.17, 15) is 4.79 Å². The fourth-order valence-electron chi connectivity index (χ4n) is 1.64. The van der Waals surface area contributed by atoms with Crippen molar-refractivity contribution < 1.29 is 4.79 Å². The summed E-state index contributed by atoms with van der Waals surface area (Å²) in [6.45, 7) is 8.31. The maximum absolute atomic E-state index is 11.7. The molecular formula is C9H20ClN3O. The van der Waals surface area contributed by atoms with Crippen molar-refractivity contribution in [1.82, 2.24) is 10.2 Å². The molecule has 5 heteroatoms. The predicted molar refractivity (Wildman–Crippen MR) is 59.6 cm³/mol. The van der Waals surface area contributed by atoms with Crippen molar-refractivity contribution in [2.24, 2.45) is 5.73 Å². The Morgan fingerprint density at radius 2 is 2.14 bits per heavy atom. The largest absolute Gasteiger partial charge is 0.334 e. The van der Waals surface area contributed by atoms with Crippen molar-refractivity contribution in [3.8, 4) is 0 Å². The second-order valence-corrected chi connectivity index (χ2v) is 4.27. The number of nitrogens with one attached hydrogen (secondary N) is 1. The van der Waals surface area contributed by atoms with Crippen LogP contribution in [0.1, 0.15) is 20.8 Å². The topological polar surface area (TPSA) is 58.4 Å². The Kier molecular flexibility index (Phi) is 4.84. The first-order valence-corrected chi connectivity index (χ1v) is 4.73. The van der Waals surface area contributed by atoms with Crippen LogP contribution in [-0.4, -0.2) is 42.0 Å². The first-order chi connectivity index (χ1) is 5.95. The van der Waals surface area contributed by atoms with Crippen LogP contribution in [0.3, 0.4) is 0 Å². The second kappa shape index (κ2) is 4.96. The Hall–Kier alpha value is -0.320. The van der Waals surface area contributed by atoms with E-state index in [2.05, 4.69) is 19.2 Å². The van der Waals surface area contributed by atoms with Crippen molar-refractivity contribution in [3.63, 3.8) is 0 Å². The number of carbonyl (C=O) groups is 1. The Morgan fingerprint density at radius 3 is 2.57 bits per heavy atom. The molecule has 3 N–H and O–H groups in total. The third-order valence-electron chi connectivity index (χ3n) is 2.46. The fraction of sp³-hybridized carbons (Fsp3) is 0.889. The average Bonchev–Trinajstić information content (AvgIpc) is 2.02. The lowest BCUT2D eigenvalue weighted by Gasteiger charge is -2.43. The number of rotatable bonds is 1. The molecule has 1 unspecified atom stereocenters. The zero-order chi connectivity index (χ0) is 10.1. The summed E-state index contributed by atoms with van der Waals surface area (Å²) in [5.41, 5.74) is 5.47. The molecule has 0 aromatic rings. The molecule has 1 heterocycles. The van der Waals surface area contributed by atoms with E-state index in [1.54, 1.807) is 6.92 Å². The van der Waals surface area contributed by atoms with Crippen LogP contribution in [0.2, 0.25) is 0 Å². The van der Waals surface area contributed by atoms with Crippen molar-refractivity contribution in [1.29, 1.82) is 0 Å². The minimum absolute atomic E-state index is 0. The molecule has 1 rings (SSSR count). The molecule has 4 nitrogen and oxygen atoms in total. The molecular weight excluding hydrogens is 202 g/mol. The summed E-state index contributed by atoms with van der Waals surface area (Å²) in [5, 5.41) is 3.26. The van der Waals surface area contributed by atoms with Gasteiger partial charge in [0.1, 0.15) is 0 Å². The van der Waals surface area contributed by atoms with E-state index in [0.717, 1.165) is 19.6 Å². The highest BCUT2D eigenvalue weighted by Crippen LogP contribution is 2.16. The van der Waals surface area contributed by atoms with Gasteiger partial charge in [-0.15, -0.1) is 12.4 Å². The van der Waals surface area contributed by atoms with Gasteiger partial charge < -0.3 is 16.0 Å². The predicted octanol–water partition coefficient (Wildman–Crippen LogP) is -0.0342. The highest BCUT2D eigenvalue weighted by atomic mass is 35.5. The summed E-state index contributed by atoms with van der Waals surface area (Å²) < 4.78 is 0.